The maximum atomic E-state index is 11.2. The lowest BCUT2D eigenvalue weighted by molar-refractivity contribution is -0.120. The number of thioether (sulfide) groups is 1. The molecule has 2 aromatic carbocycles. The molecule has 31 heavy (non-hydrogen) atoms. The number of carbonyl (C=O) groups is 1. The minimum absolute atomic E-state index is 0.101. The molecule has 1 unspecified atom stereocenters. The standard InChI is InChI=1S/C14H12S2.C13H15NO/c1-11-3-5-12(6-4-11)7-8-13-9-10-14(15-2)16-13;1-9(10(2)15)7-11-8-14-13-6-4-3-5-12(11)13/h3-6,9-10H,1-2H3;3-6,8-9,14H,7H2,1-2H3. The Labute approximate surface area is 193 Å². The molecule has 0 fully saturated rings. The summed E-state index contributed by atoms with van der Waals surface area (Å²) in [5.41, 5.74) is 4.72. The Balaban J connectivity index is 0.000000176. The van der Waals surface area contributed by atoms with Crippen LogP contribution >= 0.6 is 23.1 Å². The third kappa shape index (κ3) is 6.62. The SMILES string of the molecule is CC(=O)C(C)Cc1c[nH]c2ccccc12.CSc1ccc(C#Cc2ccc(C)cc2)s1. The molecular weight excluding hydrogens is 418 g/mol. The largest absolute Gasteiger partial charge is 0.361 e. The van der Waals surface area contributed by atoms with Crippen LogP contribution in [-0.2, 0) is 11.2 Å². The fraction of sp³-hybridized carbons (Fsp3) is 0.222. The van der Waals surface area contributed by atoms with Crippen LogP contribution in [0.25, 0.3) is 10.9 Å². The van der Waals surface area contributed by atoms with Gasteiger partial charge in [0.1, 0.15) is 5.78 Å². The van der Waals surface area contributed by atoms with Gasteiger partial charge in [-0.1, -0.05) is 54.7 Å². The molecule has 4 aromatic rings. The van der Waals surface area contributed by atoms with Gasteiger partial charge in [-0.3, -0.25) is 4.79 Å². The summed E-state index contributed by atoms with van der Waals surface area (Å²) in [7, 11) is 0. The number of aromatic nitrogens is 1. The van der Waals surface area contributed by atoms with E-state index in [1.807, 2.05) is 25.3 Å². The molecule has 0 amide bonds. The highest BCUT2D eigenvalue weighted by Crippen LogP contribution is 2.24. The van der Waals surface area contributed by atoms with Gasteiger partial charge in [0.05, 0.1) is 9.09 Å². The summed E-state index contributed by atoms with van der Waals surface area (Å²) in [6.45, 7) is 5.71. The van der Waals surface area contributed by atoms with Gasteiger partial charge < -0.3 is 4.98 Å². The van der Waals surface area contributed by atoms with Crippen LogP contribution in [0.4, 0.5) is 0 Å². The summed E-state index contributed by atoms with van der Waals surface area (Å²) in [5, 5.41) is 1.23. The van der Waals surface area contributed by atoms with Crippen LogP contribution in [0.3, 0.4) is 0 Å². The number of H-pyrrole nitrogens is 1. The van der Waals surface area contributed by atoms with Gasteiger partial charge in [0.15, 0.2) is 0 Å². The second kappa shape index (κ2) is 11.0. The first-order valence-corrected chi connectivity index (χ1v) is 12.3. The highest BCUT2D eigenvalue weighted by molar-refractivity contribution is 8.00. The Bertz CT molecular complexity index is 1210. The topological polar surface area (TPSA) is 32.9 Å². The van der Waals surface area contributed by atoms with Crippen molar-refractivity contribution < 1.29 is 4.79 Å². The highest BCUT2D eigenvalue weighted by atomic mass is 32.2. The van der Waals surface area contributed by atoms with E-state index in [-0.39, 0.29) is 11.7 Å². The van der Waals surface area contributed by atoms with E-state index in [1.165, 1.54) is 20.7 Å². The van der Waals surface area contributed by atoms with Gasteiger partial charge in [-0.2, -0.15) is 0 Å². The molecule has 0 aliphatic rings. The molecule has 4 heteroatoms. The number of benzene rings is 2. The van der Waals surface area contributed by atoms with Gasteiger partial charge in [0.25, 0.3) is 0 Å². The lowest BCUT2D eigenvalue weighted by Gasteiger charge is -2.05. The van der Waals surface area contributed by atoms with Crippen LogP contribution in [0.15, 0.2) is 71.1 Å². The number of para-hydroxylation sites is 1. The van der Waals surface area contributed by atoms with E-state index in [1.54, 1.807) is 30.0 Å². The number of aromatic amines is 1. The first-order valence-electron chi connectivity index (χ1n) is 10.2. The molecule has 0 radical (unpaired) electrons. The highest BCUT2D eigenvalue weighted by Gasteiger charge is 2.11. The first-order chi connectivity index (χ1) is 15.0. The van der Waals surface area contributed by atoms with Crippen molar-refractivity contribution in [1.82, 2.24) is 4.98 Å². The number of rotatable bonds is 4. The number of Topliss-reactive ketones (excluding diaryl/α,β-unsaturated/α-hetero) is 1. The number of carbonyl (C=O) groups excluding carboxylic acids is 1. The summed E-state index contributed by atoms with van der Waals surface area (Å²) in [6, 6.07) is 20.7. The minimum Gasteiger partial charge on any atom is -0.361 e. The van der Waals surface area contributed by atoms with Gasteiger partial charge in [-0.25, -0.2) is 0 Å². The average molecular weight is 446 g/mol. The lowest BCUT2D eigenvalue weighted by Crippen LogP contribution is -2.08. The van der Waals surface area contributed by atoms with Crippen molar-refractivity contribution in [2.24, 2.45) is 5.92 Å². The molecule has 2 heterocycles. The fourth-order valence-corrected chi connectivity index (χ4v) is 4.44. The zero-order valence-electron chi connectivity index (χ0n) is 18.4. The predicted molar refractivity (Wildman–Crippen MR) is 135 cm³/mol. The van der Waals surface area contributed by atoms with Crippen molar-refractivity contribution in [3.8, 4) is 11.8 Å². The third-order valence-corrected chi connectivity index (χ3v) is 7.14. The van der Waals surface area contributed by atoms with Gasteiger partial charge in [0, 0.05) is 28.6 Å². The summed E-state index contributed by atoms with van der Waals surface area (Å²) in [5.74, 6) is 6.72. The summed E-state index contributed by atoms with van der Waals surface area (Å²) < 4.78 is 1.31. The van der Waals surface area contributed by atoms with Crippen LogP contribution < -0.4 is 0 Å². The molecule has 1 atom stereocenters. The number of nitrogens with one attached hydrogen (secondary N) is 1. The second-order valence-corrected chi connectivity index (χ2v) is 9.70. The van der Waals surface area contributed by atoms with E-state index in [4.69, 9.17) is 0 Å². The monoisotopic (exact) mass is 445 g/mol. The number of fused-ring (bicyclic) bond motifs is 1. The van der Waals surface area contributed by atoms with Crippen molar-refractivity contribution in [2.45, 2.75) is 31.4 Å². The van der Waals surface area contributed by atoms with Crippen molar-refractivity contribution in [2.75, 3.05) is 6.26 Å². The molecule has 0 aliphatic heterocycles. The van der Waals surface area contributed by atoms with Crippen molar-refractivity contribution in [1.29, 1.82) is 0 Å². The van der Waals surface area contributed by atoms with E-state index in [2.05, 4.69) is 78.5 Å². The number of ketones is 1. The molecule has 0 saturated carbocycles. The van der Waals surface area contributed by atoms with E-state index in [9.17, 15) is 4.79 Å². The Hall–Kier alpha value is -2.74. The quantitative estimate of drug-likeness (QED) is 0.268. The van der Waals surface area contributed by atoms with E-state index in [0.29, 0.717) is 0 Å². The number of aryl methyl sites for hydroxylation is 1. The Kier molecular flexibility index (Phi) is 8.17. The molecular formula is C27H27NOS2. The number of hydrogen-bond donors (Lipinski definition) is 1. The molecule has 0 spiro atoms. The molecule has 0 saturated heterocycles. The van der Waals surface area contributed by atoms with Crippen molar-refractivity contribution in [3.05, 3.63) is 88.4 Å². The fourth-order valence-electron chi connectivity index (χ4n) is 3.04. The second-order valence-electron chi connectivity index (χ2n) is 7.51. The van der Waals surface area contributed by atoms with Gasteiger partial charge in [-0.15, -0.1) is 23.1 Å². The summed E-state index contributed by atoms with van der Waals surface area (Å²) in [4.78, 5) is 15.5. The van der Waals surface area contributed by atoms with E-state index >= 15 is 0 Å². The Morgan fingerprint density at radius 2 is 1.81 bits per heavy atom. The average Bonchev–Trinajstić information content (AvgIpc) is 3.41. The smallest absolute Gasteiger partial charge is 0.132 e. The molecule has 0 bridgehead atoms. The normalized spacial score (nSPS) is 11.2. The maximum Gasteiger partial charge on any atom is 0.132 e. The number of hydrogen-bond acceptors (Lipinski definition) is 3. The molecule has 1 N–H and O–H groups in total. The number of thiophene rings is 1. The molecule has 2 aromatic heterocycles. The molecule has 4 rings (SSSR count). The minimum atomic E-state index is 0.101. The van der Waals surface area contributed by atoms with Crippen LogP contribution in [0.1, 0.15) is 35.4 Å². The summed E-state index contributed by atoms with van der Waals surface area (Å²) in [6.07, 6.45) is 4.91. The van der Waals surface area contributed by atoms with Crippen LogP contribution in [-0.4, -0.2) is 17.0 Å². The molecule has 2 nitrogen and oxygen atoms in total. The lowest BCUT2D eigenvalue weighted by atomic mass is 9.98. The maximum absolute atomic E-state index is 11.2. The van der Waals surface area contributed by atoms with Crippen LogP contribution in [0.5, 0.6) is 0 Å². The van der Waals surface area contributed by atoms with E-state index in [0.717, 1.165) is 22.4 Å². The Morgan fingerprint density at radius 1 is 1.06 bits per heavy atom. The van der Waals surface area contributed by atoms with Gasteiger partial charge in [0.2, 0.25) is 0 Å². The predicted octanol–water partition coefficient (Wildman–Crippen LogP) is 7.11. The Morgan fingerprint density at radius 3 is 2.48 bits per heavy atom. The molecule has 158 valence electrons. The zero-order valence-corrected chi connectivity index (χ0v) is 20.0. The van der Waals surface area contributed by atoms with Gasteiger partial charge >= 0.3 is 0 Å². The van der Waals surface area contributed by atoms with Gasteiger partial charge in [-0.05, 0) is 62.4 Å². The van der Waals surface area contributed by atoms with Crippen LogP contribution in [0.2, 0.25) is 0 Å². The van der Waals surface area contributed by atoms with Crippen molar-refractivity contribution >= 4 is 39.8 Å². The summed E-state index contributed by atoms with van der Waals surface area (Å²) >= 11 is 3.51. The molecule has 0 aliphatic carbocycles. The van der Waals surface area contributed by atoms with Crippen LogP contribution in [0, 0.1) is 24.7 Å². The third-order valence-electron chi connectivity index (χ3n) is 5.06. The zero-order chi connectivity index (χ0) is 22.2. The van der Waals surface area contributed by atoms with Crippen molar-refractivity contribution in [3.63, 3.8) is 0 Å². The first kappa shape index (κ1) is 22.9. The van der Waals surface area contributed by atoms with E-state index < -0.39 is 0 Å².